The van der Waals surface area contributed by atoms with Crippen LogP contribution in [0, 0.1) is 0 Å². The molecule has 0 unspecified atom stereocenters. The van der Waals surface area contributed by atoms with E-state index in [4.69, 9.17) is 11.6 Å². The summed E-state index contributed by atoms with van der Waals surface area (Å²) >= 11 is 5.78. The summed E-state index contributed by atoms with van der Waals surface area (Å²) in [6.07, 6.45) is 4.90. The van der Waals surface area contributed by atoms with Crippen LogP contribution in [0.5, 0.6) is 0 Å². The molecule has 0 spiro atoms. The fourth-order valence-corrected chi connectivity index (χ4v) is 3.05. The molecule has 2 N–H and O–H groups in total. The van der Waals surface area contributed by atoms with E-state index in [2.05, 4.69) is 23.0 Å². The quantitative estimate of drug-likeness (QED) is 0.841. The highest BCUT2D eigenvalue weighted by molar-refractivity contribution is 6.30. The molecule has 0 atom stereocenters. The summed E-state index contributed by atoms with van der Waals surface area (Å²) in [5, 5.41) is 0.558. The van der Waals surface area contributed by atoms with Crippen LogP contribution < -0.4 is 10.9 Å². The molecule has 0 aromatic heterocycles. The maximum atomic E-state index is 12.0. The molecule has 0 fully saturated rings. The number of carbonyl (C=O) groups excluding carboxylic acids is 2. The Kier molecular flexibility index (Phi) is 5.16. The van der Waals surface area contributed by atoms with E-state index in [0.29, 0.717) is 10.6 Å². The summed E-state index contributed by atoms with van der Waals surface area (Å²) in [7, 11) is 0. The van der Waals surface area contributed by atoms with Gasteiger partial charge >= 0.3 is 0 Å². The molecule has 4 nitrogen and oxygen atoms in total. The predicted molar refractivity (Wildman–Crippen MR) is 93.8 cm³/mol. The Balaban J connectivity index is 1.54. The molecule has 0 aliphatic heterocycles. The van der Waals surface area contributed by atoms with Gasteiger partial charge in [-0.25, -0.2) is 0 Å². The molecule has 3 rings (SSSR count). The minimum absolute atomic E-state index is 0.243. The first-order chi connectivity index (χ1) is 11.6. The van der Waals surface area contributed by atoms with Gasteiger partial charge in [-0.2, -0.15) is 0 Å². The topological polar surface area (TPSA) is 58.2 Å². The summed E-state index contributed by atoms with van der Waals surface area (Å²) < 4.78 is 0. The van der Waals surface area contributed by atoms with Crippen molar-refractivity contribution in [1.82, 2.24) is 10.9 Å². The van der Waals surface area contributed by atoms with Crippen LogP contribution in [-0.4, -0.2) is 11.8 Å². The molecule has 2 amide bonds. The molecular weight excluding hydrogens is 324 g/mol. The van der Waals surface area contributed by atoms with Crippen LogP contribution in [0.2, 0.25) is 5.02 Å². The van der Waals surface area contributed by atoms with Crippen molar-refractivity contribution in [3.8, 4) is 0 Å². The van der Waals surface area contributed by atoms with Gasteiger partial charge < -0.3 is 0 Å². The van der Waals surface area contributed by atoms with Crippen molar-refractivity contribution < 1.29 is 9.59 Å². The van der Waals surface area contributed by atoms with Crippen molar-refractivity contribution in [2.75, 3.05) is 0 Å². The minimum atomic E-state index is -0.370. The third-order valence-corrected chi connectivity index (χ3v) is 4.45. The maximum absolute atomic E-state index is 12.0. The SMILES string of the molecule is O=C(Cc1ccc2c(c1)CCCC2)NNC(=O)c1ccc(Cl)cc1. The highest BCUT2D eigenvalue weighted by Gasteiger charge is 2.12. The Bertz CT molecular complexity index is 756. The summed E-state index contributed by atoms with van der Waals surface area (Å²) in [5.41, 5.74) is 9.01. The summed E-state index contributed by atoms with van der Waals surface area (Å²) in [6.45, 7) is 0. The largest absolute Gasteiger partial charge is 0.273 e. The fourth-order valence-electron chi connectivity index (χ4n) is 2.93. The molecule has 24 heavy (non-hydrogen) atoms. The predicted octanol–water partition coefficient (Wildman–Crippen LogP) is 3.22. The van der Waals surface area contributed by atoms with E-state index in [1.54, 1.807) is 24.3 Å². The number of hydrogen-bond donors (Lipinski definition) is 2. The molecule has 1 aliphatic carbocycles. The molecule has 0 saturated heterocycles. The smallest absolute Gasteiger partial charge is 0.269 e. The normalized spacial score (nSPS) is 13.0. The molecule has 5 heteroatoms. The van der Waals surface area contributed by atoms with Crippen LogP contribution in [-0.2, 0) is 24.1 Å². The number of nitrogens with one attached hydrogen (secondary N) is 2. The third-order valence-electron chi connectivity index (χ3n) is 4.20. The Morgan fingerprint density at radius 3 is 2.38 bits per heavy atom. The van der Waals surface area contributed by atoms with E-state index in [0.717, 1.165) is 18.4 Å². The molecular formula is C19H19ClN2O2. The lowest BCUT2D eigenvalue weighted by molar-refractivity contribution is -0.121. The first-order valence-electron chi connectivity index (χ1n) is 8.07. The Hall–Kier alpha value is -2.33. The van der Waals surface area contributed by atoms with Crippen LogP contribution in [0.15, 0.2) is 42.5 Å². The van der Waals surface area contributed by atoms with Crippen molar-refractivity contribution in [3.63, 3.8) is 0 Å². The molecule has 2 aromatic carbocycles. The second-order valence-corrected chi connectivity index (χ2v) is 6.43. The van der Waals surface area contributed by atoms with Gasteiger partial charge in [0.1, 0.15) is 0 Å². The van der Waals surface area contributed by atoms with Crippen LogP contribution >= 0.6 is 11.6 Å². The van der Waals surface area contributed by atoms with Crippen molar-refractivity contribution in [3.05, 3.63) is 69.7 Å². The van der Waals surface area contributed by atoms with Crippen molar-refractivity contribution in [2.24, 2.45) is 0 Å². The van der Waals surface area contributed by atoms with Gasteiger partial charge in [-0.1, -0.05) is 29.8 Å². The highest BCUT2D eigenvalue weighted by atomic mass is 35.5. The second kappa shape index (κ2) is 7.49. The zero-order valence-corrected chi connectivity index (χ0v) is 14.0. The van der Waals surface area contributed by atoms with Gasteiger partial charge in [0.25, 0.3) is 5.91 Å². The highest BCUT2D eigenvalue weighted by Crippen LogP contribution is 2.22. The van der Waals surface area contributed by atoms with Gasteiger partial charge in [0.05, 0.1) is 6.42 Å². The van der Waals surface area contributed by atoms with Gasteiger partial charge in [-0.15, -0.1) is 0 Å². The van der Waals surface area contributed by atoms with Gasteiger partial charge in [0, 0.05) is 10.6 Å². The van der Waals surface area contributed by atoms with Gasteiger partial charge in [0.2, 0.25) is 5.91 Å². The van der Waals surface area contributed by atoms with Crippen molar-refractivity contribution >= 4 is 23.4 Å². The molecule has 1 aliphatic rings. The zero-order valence-electron chi connectivity index (χ0n) is 13.3. The van der Waals surface area contributed by atoms with Gasteiger partial charge in [0.15, 0.2) is 0 Å². The number of carbonyl (C=O) groups is 2. The van der Waals surface area contributed by atoms with Crippen molar-refractivity contribution in [1.29, 1.82) is 0 Å². The van der Waals surface area contributed by atoms with Crippen LogP contribution in [0.3, 0.4) is 0 Å². The monoisotopic (exact) mass is 342 g/mol. The molecule has 2 aromatic rings. The number of fused-ring (bicyclic) bond motifs is 1. The first-order valence-corrected chi connectivity index (χ1v) is 8.45. The lowest BCUT2D eigenvalue weighted by atomic mass is 9.90. The van der Waals surface area contributed by atoms with Gasteiger partial charge in [-0.05, 0) is 66.6 Å². The molecule has 0 bridgehead atoms. The average Bonchev–Trinajstić information content (AvgIpc) is 2.60. The fraction of sp³-hybridized carbons (Fsp3) is 0.263. The Morgan fingerprint density at radius 1 is 0.917 bits per heavy atom. The van der Waals surface area contributed by atoms with E-state index in [-0.39, 0.29) is 18.2 Å². The number of amides is 2. The Labute approximate surface area is 146 Å². The van der Waals surface area contributed by atoms with E-state index >= 15 is 0 Å². The number of hydrogen-bond acceptors (Lipinski definition) is 2. The first kappa shape index (κ1) is 16.5. The number of aryl methyl sites for hydroxylation is 2. The summed E-state index contributed by atoms with van der Waals surface area (Å²) in [6, 6.07) is 12.7. The minimum Gasteiger partial charge on any atom is -0.273 e. The molecule has 124 valence electrons. The van der Waals surface area contributed by atoms with Crippen LogP contribution in [0.25, 0.3) is 0 Å². The third kappa shape index (κ3) is 4.15. The lowest BCUT2D eigenvalue weighted by Crippen LogP contribution is -2.42. The van der Waals surface area contributed by atoms with E-state index in [1.165, 1.54) is 24.0 Å². The van der Waals surface area contributed by atoms with E-state index in [1.807, 2.05) is 6.07 Å². The molecule has 0 saturated carbocycles. The number of halogens is 1. The average molecular weight is 343 g/mol. The number of hydrazine groups is 1. The second-order valence-electron chi connectivity index (χ2n) is 6.00. The standard InChI is InChI=1S/C19H19ClN2O2/c20-17-9-7-15(8-10-17)19(24)22-21-18(23)12-13-5-6-14-3-1-2-4-16(14)11-13/h5-11H,1-4,12H2,(H,21,23)(H,22,24). The van der Waals surface area contributed by atoms with E-state index in [9.17, 15) is 9.59 Å². The van der Waals surface area contributed by atoms with Crippen LogP contribution in [0.4, 0.5) is 0 Å². The van der Waals surface area contributed by atoms with Crippen LogP contribution in [0.1, 0.15) is 39.9 Å². The molecule has 0 radical (unpaired) electrons. The number of benzene rings is 2. The Morgan fingerprint density at radius 2 is 1.62 bits per heavy atom. The lowest BCUT2D eigenvalue weighted by Gasteiger charge is -2.16. The summed E-state index contributed by atoms with van der Waals surface area (Å²) in [4.78, 5) is 24.0. The van der Waals surface area contributed by atoms with Gasteiger partial charge in [-0.3, -0.25) is 20.4 Å². The van der Waals surface area contributed by atoms with E-state index < -0.39 is 0 Å². The van der Waals surface area contributed by atoms with Crippen molar-refractivity contribution in [2.45, 2.75) is 32.1 Å². The molecule has 0 heterocycles. The number of rotatable bonds is 3. The summed E-state index contributed by atoms with van der Waals surface area (Å²) in [5.74, 6) is -0.612. The zero-order chi connectivity index (χ0) is 16.9. The maximum Gasteiger partial charge on any atom is 0.269 e.